The molecule has 0 unspecified atom stereocenters. The first-order chi connectivity index (χ1) is 13.6. The van der Waals surface area contributed by atoms with Crippen molar-refractivity contribution >= 4 is 56.0 Å². The second-order valence-corrected chi connectivity index (χ2v) is 8.75. The number of amides is 1. The summed E-state index contributed by atoms with van der Waals surface area (Å²) in [4.78, 5) is 31.4. The van der Waals surface area contributed by atoms with Crippen LogP contribution in [0.25, 0.3) is 21.0 Å². The maximum atomic E-state index is 12.5. The maximum absolute atomic E-state index is 12.5. The lowest BCUT2D eigenvalue weighted by atomic mass is 9.98. The minimum Gasteiger partial charge on any atom is -0.381 e. The van der Waals surface area contributed by atoms with Gasteiger partial charge in [-0.05, 0) is 44.0 Å². The van der Waals surface area contributed by atoms with Crippen LogP contribution >= 0.6 is 11.3 Å². The molecule has 0 saturated carbocycles. The molecule has 1 saturated heterocycles. The number of aldehydes is 1. The number of hydrogen-bond donors (Lipinski definition) is 2. The number of aromatic nitrogens is 1. The Morgan fingerprint density at radius 1 is 1.21 bits per heavy atom. The summed E-state index contributed by atoms with van der Waals surface area (Å²) in [5.74, 6) is 1.12. The van der Waals surface area contributed by atoms with Gasteiger partial charge in [0.15, 0.2) is 0 Å². The molecule has 7 heteroatoms. The van der Waals surface area contributed by atoms with Gasteiger partial charge < -0.3 is 20.3 Å². The lowest BCUT2D eigenvalue weighted by Crippen LogP contribution is -2.34. The molecule has 5 rings (SSSR count). The molecule has 0 aliphatic carbocycles. The molecule has 0 radical (unpaired) electrons. The molecule has 28 heavy (non-hydrogen) atoms. The molecule has 1 aromatic carbocycles. The Morgan fingerprint density at radius 2 is 2.04 bits per heavy atom. The van der Waals surface area contributed by atoms with Crippen LogP contribution in [0.2, 0.25) is 0 Å². The summed E-state index contributed by atoms with van der Waals surface area (Å²) >= 11 is 1.53. The molecule has 0 spiro atoms. The van der Waals surface area contributed by atoms with Gasteiger partial charge >= 0.3 is 0 Å². The third kappa shape index (κ3) is 2.81. The second kappa shape index (κ2) is 6.74. The fraction of sp³-hybridized carbons (Fsp3) is 0.381. The molecule has 2 aliphatic rings. The zero-order valence-corrected chi connectivity index (χ0v) is 16.5. The van der Waals surface area contributed by atoms with E-state index < -0.39 is 0 Å². The van der Waals surface area contributed by atoms with Crippen molar-refractivity contribution < 1.29 is 9.59 Å². The Bertz CT molecular complexity index is 1080. The highest BCUT2D eigenvalue weighted by molar-refractivity contribution is 7.21. The molecule has 144 valence electrons. The van der Waals surface area contributed by atoms with Gasteiger partial charge in [-0.1, -0.05) is 0 Å². The number of piperidine rings is 1. The number of carbonyl (C=O) groups is 2. The molecule has 2 aliphatic heterocycles. The number of pyridine rings is 1. The normalized spacial score (nSPS) is 20.5. The molecule has 2 N–H and O–H groups in total. The van der Waals surface area contributed by atoms with E-state index in [0.717, 1.165) is 69.6 Å². The average Bonchev–Trinajstić information content (AvgIpc) is 3.04. The van der Waals surface area contributed by atoms with Crippen molar-refractivity contribution in [1.82, 2.24) is 10.3 Å². The minimum absolute atomic E-state index is 0.00974. The third-order valence-corrected chi connectivity index (χ3v) is 6.89. The standard InChI is InChI=1S/C21H22N4O2S/c1-12-10-22-19-18-14-2-5-17(25-8-6-13(11-26)7-9-25)24-15(14)3-4-16(18)28-20(19)21(27)23-12/h2-5,11-13,22H,6-10H2,1H3,(H,23,27)/t12-/m1/s1. The molecular formula is C21H22N4O2S. The molecule has 1 atom stereocenters. The van der Waals surface area contributed by atoms with E-state index in [1.807, 2.05) is 13.0 Å². The number of hydrogen-bond acceptors (Lipinski definition) is 6. The van der Waals surface area contributed by atoms with Gasteiger partial charge in [-0.2, -0.15) is 0 Å². The maximum Gasteiger partial charge on any atom is 0.263 e. The predicted octanol–water partition coefficient (Wildman–Crippen LogP) is 3.41. The van der Waals surface area contributed by atoms with Gasteiger partial charge in [0, 0.05) is 47.1 Å². The first-order valence-electron chi connectivity index (χ1n) is 9.75. The summed E-state index contributed by atoms with van der Waals surface area (Å²) in [5.41, 5.74) is 1.86. The van der Waals surface area contributed by atoms with Crippen LogP contribution in [0.15, 0.2) is 24.3 Å². The fourth-order valence-corrected chi connectivity index (χ4v) is 5.25. The quantitative estimate of drug-likeness (QED) is 0.652. The summed E-state index contributed by atoms with van der Waals surface area (Å²) in [6.45, 7) is 4.43. The summed E-state index contributed by atoms with van der Waals surface area (Å²) in [5, 5.41) is 8.64. The largest absolute Gasteiger partial charge is 0.381 e. The van der Waals surface area contributed by atoms with Crippen LogP contribution in [0.3, 0.4) is 0 Å². The van der Waals surface area contributed by atoms with Crippen molar-refractivity contribution in [3.8, 4) is 0 Å². The first kappa shape index (κ1) is 17.4. The van der Waals surface area contributed by atoms with E-state index in [2.05, 4.69) is 33.7 Å². The van der Waals surface area contributed by atoms with Gasteiger partial charge in [0.1, 0.15) is 17.0 Å². The van der Waals surface area contributed by atoms with E-state index in [9.17, 15) is 9.59 Å². The second-order valence-electron chi connectivity index (χ2n) is 7.70. The van der Waals surface area contributed by atoms with Crippen molar-refractivity contribution in [1.29, 1.82) is 0 Å². The molecule has 4 heterocycles. The number of benzene rings is 1. The Labute approximate surface area is 166 Å². The number of thiophene rings is 1. The number of nitrogens with zero attached hydrogens (tertiary/aromatic N) is 2. The zero-order chi connectivity index (χ0) is 19.3. The summed E-state index contributed by atoms with van der Waals surface area (Å²) < 4.78 is 1.09. The van der Waals surface area contributed by atoms with Crippen LogP contribution in [0.1, 0.15) is 29.4 Å². The average molecular weight is 395 g/mol. The first-order valence-corrected chi connectivity index (χ1v) is 10.6. The van der Waals surface area contributed by atoms with Gasteiger partial charge in [-0.15, -0.1) is 11.3 Å². The Kier molecular flexibility index (Phi) is 4.19. The zero-order valence-electron chi connectivity index (χ0n) is 15.7. The highest BCUT2D eigenvalue weighted by atomic mass is 32.1. The number of nitrogens with one attached hydrogen (secondary N) is 2. The topological polar surface area (TPSA) is 74.3 Å². The smallest absolute Gasteiger partial charge is 0.263 e. The molecule has 6 nitrogen and oxygen atoms in total. The van der Waals surface area contributed by atoms with Crippen molar-refractivity contribution in [3.05, 3.63) is 29.1 Å². The van der Waals surface area contributed by atoms with Gasteiger partial charge in [-0.25, -0.2) is 4.98 Å². The van der Waals surface area contributed by atoms with Gasteiger partial charge in [-0.3, -0.25) is 4.79 Å². The Balaban J connectivity index is 1.58. The molecular weight excluding hydrogens is 372 g/mol. The summed E-state index contributed by atoms with van der Waals surface area (Å²) in [7, 11) is 0. The highest BCUT2D eigenvalue weighted by Gasteiger charge is 2.25. The van der Waals surface area contributed by atoms with E-state index in [-0.39, 0.29) is 17.9 Å². The van der Waals surface area contributed by atoms with E-state index >= 15 is 0 Å². The molecule has 2 aromatic heterocycles. The number of carbonyl (C=O) groups excluding carboxylic acids is 2. The lowest BCUT2D eigenvalue weighted by Gasteiger charge is -2.30. The van der Waals surface area contributed by atoms with E-state index in [1.165, 1.54) is 11.3 Å². The summed E-state index contributed by atoms with van der Waals surface area (Å²) in [6, 6.07) is 8.37. The van der Waals surface area contributed by atoms with Crippen molar-refractivity contribution in [2.45, 2.75) is 25.8 Å². The monoisotopic (exact) mass is 394 g/mol. The third-order valence-electron chi connectivity index (χ3n) is 5.73. The SMILES string of the molecule is C[C@@H]1CNc2c(sc3ccc4nc(N5CCC(C=O)CC5)ccc4c23)C(=O)N1. The molecule has 1 fully saturated rings. The molecule has 3 aromatic rings. The van der Waals surface area contributed by atoms with Gasteiger partial charge in [0.25, 0.3) is 5.91 Å². The summed E-state index contributed by atoms with van der Waals surface area (Å²) in [6.07, 6.45) is 2.85. The van der Waals surface area contributed by atoms with E-state index in [1.54, 1.807) is 0 Å². The van der Waals surface area contributed by atoms with Crippen molar-refractivity contribution in [2.24, 2.45) is 5.92 Å². The van der Waals surface area contributed by atoms with Crippen LogP contribution in [-0.2, 0) is 4.79 Å². The number of fused-ring (bicyclic) bond motifs is 5. The van der Waals surface area contributed by atoms with Crippen LogP contribution in [0.5, 0.6) is 0 Å². The van der Waals surface area contributed by atoms with Crippen LogP contribution < -0.4 is 15.5 Å². The molecule has 0 bridgehead atoms. The van der Waals surface area contributed by atoms with E-state index in [0.29, 0.717) is 6.54 Å². The minimum atomic E-state index is -0.00974. The molecule has 1 amide bonds. The number of anilines is 2. The van der Waals surface area contributed by atoms with Crippen LogP contribution in [0.4, 0.5) is 11.5 Å². The van der Waals surface area contributed by atoms with Crippen molar-refractivity contribution in [2.75, 3.05) is 29.9 Å². The number of rotatable bonds is 2. The lowest BCUT2D eigenvalue weighted by molar-refractivity contribution is -0.111. The predicted molar refractivity (Wildman–Crippen MR) is 114 cm³/mol. The fourth-order valence-electron chi connectivity index (χ4n) is 4.16. The van der Waals surface area contributed by atoms with E-state index in [4.69, 9.17) is 4.98 Å². The highest BCUT2D eigenvalue weighted by Crippen LogP contribution is 2.41. The Morgan fingerprint density at radius 3 is 2.82 bits per heavy atom. The van der Waals surface area contributed by atoms with Crippen LogP contribution in [0, 0.1) is 5.92 Å². The van der Waals surface area contributed by atoms with Gasteiger partial charge in [0.05, 0.1) is 11.2 Å². The Hall–Kier alpha value is -2.67. The van der Waals surface area contributed by atoms with Crippen molar-refractivity contribution in [3.63, 3.8) is 0 Å². The van der Waals surface area contributed by atoms with Gasteiger partial charge in [0.2, 0.25) is 0 Å². The van der Waals surface area contributed by atoms with Crippen LogP contribution in [-0.4, -0.2) is 42.9 Å².